The molecule has 0 bridgehead atoms. The summed E-state index contributed by atoms with van der Waals surface area (Å²) in [6.07, 6.45) is 3.99. The fraction of sp³-hybridized carbons (Fsp3) is 0.167. The largest absolute Gasteiger partial charge is 0.481 e. The number of rotatable bonds is 6. The molecule has 4 heterocycles. The average Bonchev–Trinajstić information content (AvgIpc) is 3.43. The van der Waals surface area contributed by atoms with Gasteiger partial charge in [-0.05, 0) is 13.0 Å². The second-order valence-electron chi connectivity index (χ2n) is 7.74. The van der Waals surface area contributed by atoms with Gasteiger partial charge < -0.3 is 4.74 Å². The Morgan fingerprint density at radius 3 is 2.74 bits per heavy atom. The van der Waals surface area contributed by atoms with Crippen LogP contribution in [0.25, 0.3) is 28.3 Å². The summed E-state index contributed by atoms with van der Waals surface area (Å²) >= 11 is 0. The number of carbonyl (C=O) groups is 1. The molecule has 0 radical (unpaired) electrons. The molecule has 0 fully saturated rings. The van der Waals surface area contributed by atoms with Gasteiger partial charge in [-0.3, -0.25) is 9.48 Å². The minimum absolute atomic E-state index is 0.177. The summed E-state index contributed by atoms with van der Waals surface area (Å²) in [6.45, 7) is 1.80. The van der Waals surface area contributed by atoms with E-state index in [4.69, 9.17) is 4.74 Å². The molecule has 0 saturated heterocycles. The van der Waals surface area contributed by atoms with Gasteiger partial charge in [0.1, 0.15) is 17.8 Å². The number of carbonyl (C=O) groups excluding carboxylic acids is 1. The van der Waals surface area contributed by atoms with Gasteiger partial charge in [-0.1, -0.05) is 30.3 Å². The van der Waals surface area contributed by atoms with Crippen LogP contribution < -0.4 is 4.74 Å². The Morgan fingerprint density at radius 1 is 1.18 bits per heavy atom. The van der Waals surface area contributed by atoms with Crippen LogP contribution in [0.1, 0.15) is 21.6 Å². The van der Waals surface area contributed by atoms with Crippen molar-refractivity contribution in [2.45, 2.75) is 13.3 Å². The lowest BCUT2D eigenvalue weighted by atomic mass is 10.0. The Morgan fingerprint density at radius 2 is 1.97 bits per heavy atom. The van der Waals surface area contributed by atoms with E-state index in [1.165, 1.54) is 28.8 Å². The Kier molecular flexibility index (Phi) is 5.33. The fourth-order valence-corrected chi connectivity index (χ4v) is 3.90. The summed E-state index contributed by atoms with van der Waals surface area (Å²) in [6, 6.07) is 11.0. The van der Waals surface area contributed by atoms with Crippen molar-refractivity contribution in [1.29, 1.82) is 0 Å². The van der Waals surface area contributed by atoms with Crippen LogP contribution in [0, 0.1) is 12.7 Å². The molecule has 0 atom stereocenters. The first-order chi connectivity index (χ1) is 16.5. The molecule has 0 aliphatic carbocycles. The van der Waals surface area contributed by atoms with Crippen molar-refractivity contribution in [3.8, 4) is 28.5 Å². The highest BCUT2D eigenvalue weighted by atomic mass is 19.1. The minimum Gasteiger partial charge on any atom is -0.481 e. The zero-order chi connectivity index (χ0) is 23.8. The highest BCUT2D eigenvalue weighted by Gasteiger charge is 2.23. The van der Waals surface area contributed by atoms with Crippen molar-refractivity contribution >= 4 is 11.4 Å². The Bertz CT molecular complexity index is 1530. The summed E-state index contributed by atoms with van der Waals surface area (Å²) in [5.41, 5.74) is 3.54. The van der Waals surface area contributed by atoms with E-state index in [1.54, 1.807) is 26.2 Å². The van der Waals surface area contributed by atoms with Crippen LogP contribution in [0.2, 0.25) is 0 Å². The van der Waals surface area contributed by atoms with Crippen LogP contribution >= 0.6 is 0 Å². The highest BCUT2D eigenvalue weighted by molar-refractivity contribution is 6.01. The predicted octanol–water partition coefficient (Wildman–Crippen LogP) is 3.47. The molecule has 170 valence electrons. The Hall–Kier alpha value is -4.47. The first kappa shape index (κ1) is 21.4. The first-order valence-corrected chi connectivity index (χ1v) is 10.5. The van der Waals surface area contributed by atoms with Crippen molar-refractivity contribution < 1.29 is 13.9 Å². The van der Waals surface area contributed by atoms with Crippen molar-refractivity contribution in [2.24, 2.45) is 7.05 Å². The average molecular weight is 457 g/mol. The van der Waals surface area contributed by atoms with E-state index in [2.05, 4.69) is 25.1 Å². The number of halogens is 1. The maximum absolute atomic E-state index is 14.9. The third-order valence-corrected chi connectivity index (χ3v) is 5.58. The molecule has 0 spiro atoms. The molecular formula is C24H20FN7O2. The smallest absolute Gasteiger partial charge is 0.219 e. The van der Waals surface area contributed by atoms with Crippen LogP contribution in [0.4, 0.5) is 4.39 Å². The quantitative estimate of drug-likeness (QED) is 0.360. The van der Waals surface area contributed by atoms with Crippen LogP contribution in [-0.4, -0.2) is 47.2 Å². The summed E-state index contributed by atoms with van der Waals surface area (Å²) in [5.74, 6) is 0.0300. The molecule has 0 saturated carbocycles. The third kappa shape index (κ3) is 3.68. The van der Waals surface area contributed by atoms with Crippen molar-refractivity contribution in [3.05, 3.63) is 77.8 Å². The number of nitrogens with zero attached hydrogens (tertiary/aromatic N) is 7. The number of aryl methyl sites for hydroxylation is 1. The van der Waals surface area contributed by atoms with Crippen LogP contribution in [0.5, 0.6) is 5.88 Å². The molecule has 1 aromatic carbocycles. The topological polar surface area (TPSA) is 100 Å². The number of pyridine rings is 1. The maximum Gasteiger partial charge on any atom is 0.219 e. The SMILES string of the molecule is COc1ncnc(-c2cnn(C)c2C(=O)Cc2cc3nc(-c4ccccc4)nn3cc2F)c1C. The van der Waals surface area contributed by atoms with Crippen molar-refractivity contribution in [3.63, 3.8) is 0 Å². The van der Waals surface area contributed by atoms with E-state index in [9.17, 15) is 9.18 Å². The van der Waals surface area contributed by atoms with Gasteiger partial charge in [0.15, 0.2) is 17.3 Å². The molecule has 4 aromatic heterocycles. The summed E-state index contributed by atoms with van der Waals surface area (Å²) in [4.78, 5) is 26.2. The number of ketones is 1. The molecule has 10 heteroatoms. The predicted molar refractivity (Wildman–Crippen MR) is 122 cm³/mol. The van der Waals surface area contributed by atoms with E-state index < -0.39 is 5.82 Å². The number of ether oxygens (including phenoxy) is 1. The van der Waals surface area contributed by atoms with Gasteiger partial charge in [0, 0.05) is 35.7 Å². The summed E-state index contributed by atoms with van der Waals surface area (Å²) < 4.78 is 23.0. The number of benzene rings is 1. The second-order valence-corrected chi connectivity index (χ2v) is 7.74. The number of aromatic nitrogens is 7. The van der Waals surface area contributed by atoms with Gasteiger partial charge in [0.25, 0.3) is 0 Å². The standard InChI is InChI=1S/C24H20FN7O2/c1-14-21(26-13-27-24(14)34-3)17-11-28-31(2)22(17)19(33)9-16-10-20-29-23(15-7-5-4-6-8-15)30-32(20)12-18(16)25/h4-8,10-13H,9H2,1-3H3. The van der Waals surface area contributed by atoms with Gasteiger partial charge in [0.05, 0.1) is 25.2 Å². The van der Waals surface area contributed by atoms with Crippen LogP contribution in [0.3, 0.4) is 0 Å². The Balaban J connectivity index is 1.50. The third-order valence-electron chi connectivity index (χ3n) is 5.58. The number of hydrogen-bond acceptors (Lipinski definition) is 7. The fourth-order valence-electron chi connectivity index (χ4n) is 3.90. The molecule has 34 heavy (non-hydrogen) atoms. The van der Waals surface area contributed by atoms with E-state index in [1.807, 2.05) is 30.3 Å². The molecule has 0 aliphatic rings. The summed E-state index contributed by atoms with van der Waals surface area (Å²) in [7, 11) is 3.18. The number of methoxy groups -OCH3 is 1. The van der Waals surface area contributed by atoms with Crippen LogP contribution in [0.15, 0.2) is 55.1 Å². The van der Waals surface area contributed by atoms with Crippen molar-refractivity contribution in [1.82, 2.24) is 34.3 Å². The van der Waals surface area contributed by atoms with E-state index >= 15 is 0 Å². The molecule has 0 amide bonds. The first-order valence-electron chi connectivity index (χ1n) is 10.5. The molecule has 9 nitrogen and oxygen atoms in total. The molecular weight excluding hydrogens is 437 g/mol. The molecule has 5 rings (SSSR count). The lowest BCUT2D eigenvalue weighted by molar-refractivity contribution is 0.0983. The van der Waals surface area contributed by atoms with Gasteiger partial charge in [-0.15, -0.1) is 5.10 Å². The Labute approximate surface area is 193 Å². The zero-order valence-electron chi connectivity index (χ0n) is 18.7. The van der Waals surface area contributed by atoms with Gasteiger partial charge in [-0.25, -0.2) is 23.9 Å². The minimum atomic E-state index is -0.547. The van der Waals surface area contributed by atoms with Crippen molar-refractivity contribution in [2.75, 3.05) is 7.11 Å². The second kappa shape index (κ2) is 8.47. The lowest BCUT2D eigenvalue weighted by Crippen LogP contribution is -2.13. The monoisotopic (exact) mass is 457 g/mol. The molecule has 0 aliphatic heterocycles. The van der Waals surface area contributed by atoms with Crippen LogP contribution in [-0.2, 0) is 13.5 Å². The molecule has 0 unspecified atom stereocenters. The molecule has 0 N–H and O–H groups in total. The number of Topliss-reactive ketones (excluding diaryl/α,β-unsaturated/α-hetero) is 1. The zero-order valence-corrected chi connectivity index (χ0v) is 18.7. The highest BCUT2D eigenvalue weighted by Crippen LogP contribution is 2.29. The van der Waals surface area contributed by atoms with Gasteiger partial charge >= 0.3 is 0 Å². The maximum atomic E-state index is 14.9. The number of fused-ring (bicyclic) bond motifs is 1. The van der Waals surface area contributed by atoms with E-state index in [0.717, 1.165) is 5.56 Å². The number of hydrogen-bond donors (Lipinski definition) is 0. The lowest BCUT2D eigenvalue weighted by Gasteiger charge is -2.10. The summed E-state index contributed by atoms with van der Waals surface area (Å²) in [5, 5.41) is 8.58. The normalized spacial score (nSPS) is 11.2. The van der Waals surface area contributed by atoms with Gasteiger partial charge in [-0.2, -0.15) is 5.10 Å². The van der Waals surface area contributed by atoms with E-state index in [-0.39, 0.29) is 17.8 Å². The van der Waals surface area contributed by atoms with E-state index in [0.29, 0.717) is 39.9 Å². The molecule has 5 aromatic rings. The van der Waals surface area contributed by atoms with Gasteiger partial charge in [0.2, 0.25) is 5.88 Å².